The van der Waals surface area contributed by atoms with Crippen molar-refractivity contribution in [2.24, 2.45) is 5.41 Å². The van der Waals surface area contributed by atoms with Crippen molar-refractivity contribution in [2.45, 2.75) is 57.7 Å². The van der Waals surface area contributed by atoms with Crippen LogP contribution in [0.4, 0.5) is 0 Å². The number of ether oxygens (including phenoxy) is 2. The molecule has 0 saturated carbocycles. The third kappa shape index (κ3) is 2.16. The Bertz CT molecular complexity index is 405. The molecule has 3 atom stereocenters. The minimum Gasteiger partial charge on any atom is -0.489 e. The van der Waals surface area contributed by atoms with Crippen LogP contribution in [0.2, 0.25) is 0 Å². The molecule has 2 saturated heterocycles. The van der Waals surface area contributed by atoms with E-state index < -0.39 is 0 Å². The first-order valence-corrected chi connectivity index (χ1v) is 7.68. The van der Waals surface area contributed by atoms with Gasteiger partial charge in [0.1, 0.15) is 11.4 Å². The second kappa shape index (κ2) is 4.38. The molecule has 3 rings (SSSR count). The minimum absolute atomic E-state index is 0.0461. The predicted octanol–water partition coefficient (Wildman–Crippen LogP) is 4.31. The van der Waals surface area contributed by atoms with E-state index in [1.54, 1.807) is 0 Å². The van der Waals surface area contributed by atoms with Crippen LogP contribution in [0.15, 0.2) is 22.4 Å². The third-order valence-corrected chi connectivity index (χ3v) is 5.21. The molecule has 0 aromatic carbocycles. The van der Waals surface area contributed by atoms with Gasteiger partial charge in [0, 0.05) is 5.41 Å². The highest BCUT2D eigenvalue weighted by atomic mass is 79.9. The Morgan fingerprint density at radius 2 is 2.11 bits per heavy atom. The highest BCUT2D eigenvalue weighted by Crippen LogP contribution is 2.51. The smallest absolute Gasteiger partial charge is 0.132 e. The van der Waals surface area contributed by atoms with Gasteiger partial charge in [-0.15, -0.1) is 0 Å². The van der Waals surface area contributed by atoms with Crippen molar-refractivity contribution in [3.05, 3.63) is 22.4 Å². The molecule has 100 valence electrons. The van der Waals surface area contributed by atoms with Crippen LogP contribution in [0.3, 0.4) is 0 Å². The van der Waals surface area contributed by atoms with Crippen LogP contribution < -0.4 is 0 Å². The average molecular weight is 313 g/mol. The zero-order valence-corrected chi connectivity index (χ0v) is 12.8. The monoisotopic (exact) mass is 312 g/mol. The Hall–Kier alpha value is -0.280. The van der Waals surface area contributed by atoms with Gasteiger partial charge in [-0.25, -0.2) is 0 Å². The Morgan fingerprint density at radius 3 is 2.83 bits per heavy atom. The quantitative estimate of drug-likeness (QED) is 0.663. The second-order valence-electron chi connectivity index (χ2n) is 6.33. The lowest BCUT2D eigenvalue weighted by atomic mass is 9.71. The molecule has 0 N–H and O–H groups in total. The van der Waals surface area contributed by atoms with Crippen LogP contribution in [0.5, 0.6) is 0 Å². The van der Waals surface area contributed by atoms with E-state index in [0.717, 1.165) is 38.0 Å². The summed E-state index contributed by atoms with van der Waals surface area (Å²) >= 11 is 3.62. The van der Waals surface area contributed by atoms with Crippen LogP contribution in [0, 0.1) is 5.41 Å². The van der Waals surface area contributed by atoms with Crippen LogP contribution in [-0.2, 0) is 9.47 Å². The van der Waals surface area contributed by atoms with Crippen molar-refractivity contribution in [1.29, 1.82) is 0 Å². The molecule has 0 radical (unpaired) electrons. The van der Waals surface area contributed by atoms with Crippen LogP contribution >= 0.6 is 15.9 Å². The maximum absolute atomic E-state index is 6.39. The van der Waals surface area contributed by atoms with Gasteiger partial charge in [0.2, 0.25) is 0 Å². The molecule has 0 amide bonds. The van der Waals surface area contributed by atoms with E-state index in [0.29, 0.717) is 6.10 Å². The molecule has 1 aliphatic carbocycles. The summed E-state index contributed by atoms with van der Waals surface area (Å²) in [5.74, 6) is 1.16. The van der Waals surface area contributed by atoms with E-state index in [4.69, 9.17) is 9.47 Å². The first-order valence-electron chi connectivity index (χ1n) is 6.89. The van der Waals surface area contributed by atoms with Gasteiger partial charge in [0.15, 0.2) is 0 Å². The number of hydrogen-bond donors (Lipinski definition) is 0. The summed E-state index contributed by atoms with van der Waals surface area (Å²) < 4.78 is 13.5. The molecule has 0 aromatic rings. The molecular weight excluding hydrogens is 292 g/mol. The zero-order valence-electron chi connectivity index (χ0n) is 11.2. The van der Waals surface area contributed by atoms with Crippen LogP contribution in [0.25, 0.3) is 0 Å². The summed E-state index contributed by atoms with van der Waals surface area (Å²) in [5.41, 5.74) is 0.136. The molecule has 0 bridgehead atoms. The van der Waals surface area contributed by atoms with Crippen molar-refractivity contribution in [1.82, 2.24) is 0 Å². The Morgan fingerprint density at radius 1 is 1.28 bits per heavy atom. The molecule has 2 aliphatic heterocycles. The van der Waals surface area contributed by atoms with Gasteiger partial charge < -0.3 is 9.47 Å². The van der Waals surface area contributed by atoms with Crippen molar-refractivity contribution < 1.29 is 9.47 Å². The van der Waals surface area contributed by atoms with Crippen LogP contribution in [0.1, 0.15) is 46.0 Å². The average Bonchev–Trinajstić information content (AvgIpc) is 2.34. The summed E-state index contributed by atoms with van der Waals surface area (Å²) in [7, 11) is 0. The molecule has 18 heavy (non-hydrogen) atoms. The van der Waals surface area contributed by atoms with Gasteiger partial charge in [0.25, 0.3) is 0 Å². The molecule has 2 fully saturated rings. The maximum atomic E-state index is 6.39. The number of halogens is 1. The van der Waals surface area contributed by atoms with Crippen molar-refractivity contribution in [3.63, 3.8) is 0 Å². The predicted molar refractivity (Wildman–Crippen MR) is 75.5 cm³/mol. The minimum atomic E-state index is -0.0461. The van der Waals surface area contributed by atoms with E-state index in [2.05, 4.69) is 41.9 Å². The Balaban J connectivity index is 1.81. The summed E-state index contributed by atoms with van der Waals surface area (Å²) in [5, 5.41) is 0. The molecule has 0 aromatic heterocycles. The fraction of sp³-hybridized carbons (Fsp3) is 0.733. The van der Waals surface area contributed by atoms with E-state index in [9.17, 15) is 0 Å². The van der Waals surface area contributed by atoms with Crippen molar-refractivity contribution in [2.75, 3.05) is 6.61 Å². The third-order valence-electron chi connectivity index (χ3n) is 4.67. The van der Waals surface area contributed by atoms with Gasteiger partial charge in [-0.2, -0.15) is 0 Å². The summed E-state index contributed by atoms with van der Waals surface area (Å²) in [6.45, 7) is 5.22. The number of allylic oxidation sites excluding steroid dienone is 4. The lowest BCUT2D eigenvalue weighted by Crippen LogP contribution is -2.49. The topological polar surface area (TPSA) is 18.5 Å². The summed E-state index contributed by atoms with van der Waals surface area (Å²) in [4.78, 5) is 0. The summed E-state index contributed by atoms with van der Waals surface area (Å²) in [6, 6.07) is 0. The normalized spacial score (nSPS) is 43.8. The Labute approximate surface area is 118 Å². The molecular formula is C15H21BrO2. The zero-order chi connectivity index (χ0) is 12.8. The van der Waals surface area contributed by atoms with Gasteiger partial charge >= 0.3 is 0 Å². The molecule has 3 heteroatoms. The molecule has 2 heterocycles. The highest BCUT2D eigenvalue weighted by Gasteiger charge is 2.47. The molecule has 3 unspecified atom stereocenters. The number of hydrogen-bond acceptors (Lipinski definition) is 2. The largest absolute Gasteiger partial charge is 0.489 e. The number of rotatable bonds is 0. The number of fused-ring (bicyclic) bond motifs is 1. The highest BCUT2D eigenvalue weighted by molar-refractivity contribution is 9.11. The molecule has 3 aliphatic rings. The maximum Gasteiger partial charge on any atom is 0.132 e. The molecule has 1 spiro atoms. The second-order valence-corrected chi connectivity index (χ2v) is 7.35. The first kappa shape index (κ1) is 12.7. The summed E-state index contributed by atoms with van der Waals surface area (Å²) in [6.07, 6.45) is 10.3. The van der Waals surface area contributed by atoms with Gasteiger partial charge in [-0.1, -0.05) is 22.9 Å². The van der Waals surface area contributed by atoms with Gasteiger partial charge in [-0.3, -0.25) is 0 Å². The van der Waals surface area contributed by atoms with Crippen molar-refractivity contribution in [3.8, 4) is 0 Å². The van der Waals surface area contributed by atoms with E-state index in [-0.39, 0.29) is 11.0 Å². The first-order chi connectivity index (χ1) is 8.51. The van der Waals surface area contributed by atoms with E-state index >= 15 is 0 Å². The van der Waals surface area contributed by atoms with Crippen molar-refractivity contribution >= 4 is 15.9 Å². The molecule has 2 nitrogen and oxygen atoms in total. The van der Waals surface area contributed by atoms with Gasteiger partial charge in [-0.05, 0) is 55.7 Å². The van der Waals surface area contributed by atoms with Gasteiger partial charge in [0.05, 0.1) is 12.7 Å². The lowest BCUT2D eigenvalue weighted by Gasteiger charge is -2.50. The standard InChI is InChI=1S/C15H21BrO2/c1-11-5-6-15(10-17-11)8-7-14(2)9-12(16)3-4-13(14)18-15/h3-4,11H,5-10H2,1-2H3. The fourth-order valence-corrected chi connectivity index (χ4v) is 3.99. The van der Waals surface area contributed by atoms with E-state index in [1.165, 1.54) is 10.9 Å². The fourth-order valence-electron chi connectivity index (χ4n) is 3.24. The SMILES string of the molecule is CC1CCC2(CCC3(C)CC(Br)=CC=C3O2)CO1. The van der Waals surface area contributed by atoms with Crippen LogP contribution in [-0.4, -0.2) is 18.3 Å². The lowest BCUT2D eigenvalue weighted by molar-refractivity contribution is -0.162. The van der Waals surface area contributed by atoms with E-state index in [1.807, 2.05) is 0 Å². The Kier molecular flexibility index (Phi) is 3.10.